The molecule has 1 saturated heterocycles. The lowest BCUT2D eigenvalue weighted by Crippen LogP contribution is -2.60. The van der Waals surface area contributed by atoms with Crippen LogP contribution >= 0.6 is 11.6 Å². The predicted molar refractivity (Wildman–Crippen MR) is 123 cm³/mol. The summed E-state index contributed by atoms with van der Waals surface area (Å²) in [4.78, 5) is 17.1. The first kappa shape index (κ1) is 24.9. The summed E-state index contributed by atoms with van der Waals surface area (Å²) in [5.74, 6) is -0.236. The summed E-state index contributed by atoms with van der Waals surface area (Å²) in [5.41, 5.74) is 0.0647. The summed E-state index contributed by atoms with van der Waals surface area (Å²) in [6.07, 6.45) is 6.04. The zero-order chi connectivity index (χ0) is 22.5. The molecule has 2 heterocycles. The van der Waals surface area contributed by atoms with Gasteiger partial charge in [-0.2, -0.15) is 0 Å². The van der Waals surface area contributed by atoms with E-state index < -0.39 is 5.82 Å². The van der Waals surface area contributed by atoms with Gasteiger partial charge in [0.05, 0.1) is 5.56 Å². The molecule has 2 rings (SSSR count). The van der Waals surface area contributed by atoms with Crippen LogP contribution in [0.3, 0.4) is 0 Å². The third-order valence-electron chi connectivity index (χ3n) is 5.80. The Hall–Kier alpha value is -1.40. The van der Waals surface area contributed by atoms with Crippen LogP contribution in [0.4, 0.5) is 10.2 Å². The van der Waals surface area contributed by atoms with Gasteiger partial charge in [0.2, 0.25) is 0 Å². The Morgan fingerprint density at radius 3 is 2.50 bits per heavy atom. The van der Waals surface area contributed by atoms with Crippen molar-refractivity contribution in [1.82, 2.24) is 15.6 Å². The fourth-order valence-corrected chi connectivity index (χ4v) is 4.78. The van der Waals surface area contributed by atoms with Crippen molar-refractivity contribution in [3.8, 4) is 0 Å². The molecule has 1 aliphatic rings. The quantitative estimate of drug-likeness (QED) is 0.441. The molecule has 0 radical (unpaired) electrons. The zero-order valence-corrected chi connectivity index (χ0v) is 20.0. The second-order valence-corrected chi connectivity index (χ2v) is 10.3. The molecule has 0 bridgehead atoms. The van der Waals surface area contributed by atoms with Crippen LogP contribution in [0.1, 0.15) is 90.4 Å². The molecule has 1 atom stereocenters. The van der Waals surface area contributed by atoms with Crippen LogP contribution in [-0.4, -0.2) is 34.6 Å². The number of hydrogen-bond acceptors (Lipinski definition) is 4. The summed E-state index contributed by atoms with van der Waals surface area (Å²) >= 11 is 5.96. The van der Waals surface area contributed by atoms with Gasteiger partial charge in [-0.05, 0) is 58.9 Å². The van der Waals surface area contributed by atoms with Gasteiger partial charge >= 0.3 is 0 Å². The average molecular weight is 441 g/mol. The molecule has 1 aromatic heterocycles. The molecule has 0 aromatic carbocycles. The molecule has 5 nitrogen and oxygen atoms in total. The summed E-state index contributed by atoms with van der Waals surface area (Å²) in [5, 5.41) is 9.77. The molecule has 3 N–H and O–H groups in total. The molecule has 170 valence electrons. The number of carbonyl (C=O) groups excluding carboxylic acids is 1. The lowest BCUT2D eigenvalue weighted by atomic mass is 9.79. The molecule has 7 heteroatoms. The van der Waals surface area contributed by atoms with Crippen molar-refractivity contribution >= 4 is 23.3 Å². The van der Waals surface area contributed by atoms with Crippen molar-refractivity contribution in [3.63, 3.8) is 0 Å². The van der Waals surface area contributed by atoms with Crippen molar-refractivity contribution in [2.75, 3.05) is 11.9 Å². The standard InChI is InChI=1S/C23H38ClFN4O/c1-7-9-10-15(8-2)14-26-21(30)17-11-18(25)19(24)28-20(17)27-16-12-22(3,4)29-23(5,6)13-16/h11,15-16,29H,7-10,12-14H2,1-6H3,(H,26,30)(H,27,28). The van der Waals surface area contributed by atoms with Crippen LogP contribution in [0.15, 0.2) is 6.07 Å². The number of piperidine rings is 1. The van der Waals surface area contributed by atoms with Crippen LogP contribution in [-0.2, 0) is 0 Å². The maximum absolute atomic E-state index is 14.2. The number of nitrogens with zero attached hydrogens (tertiary/aromatic N) is 1. The number of aromatic nitrogens is 1. The van der Waals surface area contributed by atoms with Crippen molar-refractivity contribution in [2.24, 2.45) is 5.92 Å². The minimum absolute atomic E-state index is 0.0701. The smallest absolute Gasteiger partial charge is 0.255 e. The third kappa shape index (κ3) is 7.09. The maximum atomic E-state index is 14.2. The van der Waals surface area contributed by atoms with Gasteiger partial charge in [-0.1, -0.05) is 44.7 Å². The number of halogens is 2. The molecule has 0 spiro atoms. The van der Waals surface area contributed by atoms with E-state index in [-0.39, 0.29) is 33.7 Å². The molecule has 0 aliphatic carbocycles. The third-order valence-corrected chi connectivity index (χ3v) is 6.07. The normalized spacial score (nSPS) is 19.3. The van der Waals surface area contributed by atoms with Gasteiger partial charge in [-0.15, -0.1) is 0 Å². The number of nitrogens with one attached hydrogen (secondary N) is 3. The molecule has 1 unspecified atom stereocenters. The second-order valence-electron chi connectivity index (χ2n) is 9.93. The van der Waals surface area contributed by atoms with E-state index in [2.05, 4.69) is 62.5 Å². The van der Waals surface area contributed by atoms with Crippen molar-refractivity contribution in [3.05, 3.63) is 22.6 Å². The second kappa shape index (κ2) is 10.3. The van der Waals surface area contributed by atoms with Gasteiger partial charge in [0.1, 0.15) is 5.82 Å². The molecule has 1 amide bonds. The average Bonchev–Trinajstić information content (AvgIpc) is 2.61. The molecule has 1 aliphatic heterocycles. The number of anilines is 1. The Labute approximate surface area is 185 Å². The van der Waals surface area contributed by atoms with Gasteiger partial charge in [-0.3, -0.25) is 4.79 Å². The Bertz CT molecular complexity index is 722. The van der Waals surface area contributed by atoms with Gasteiger partial charge in [-0.25, -0.2) is 9.37 Å². The van der Waals surface area contributed by atoms with Gasteiger partial charge < -0.3 is 16.0 Å². The number of pyridine rings is 1. The summed E-state index contributed by atoms with van der Waals surface area (Å²) < 4.78 is 14.2. The molecule has 0 saturated carbocycles. The highest BCUT2D eigenvalue weighted by Gasteiger charge is 2.38. The molecular formula is C23H38ClFN4O. The lowest BCUT2D eigenvalue weighted by molar-refractivity contribution is 0.0945. The van der Waals surface area contributed by atoms with E-state index in [0.717, 1.165) is 38.5 Å². The Balaban J connectivity index is 2.18. The summed E-state index contributed by atoms with van der Waals surface area (Å²) in [7, 11) is 0. The van der Waals surface area contributed by atoms with Crippen LogP contribution in [0.25, 0.3) is 0 Å². The van der Waals surface area contributed by atoms with E-state index in [1.807, 2.05) is 0 Å². The number of hydrogen-bond donors (Lipinski definition) is 3. The van der Waals surface area contributed by atoms with E-state index in [9.17, 15) is 9.18 Å². The first-order valence-corrected chi connectivity index (χ1v) is 11.5. The fourth-order valence-electron chi connectivity index (χ4n) is 4.64. The number of rotatable bonds is 9. The zero-order valence-electron chi connectivity index (χ0n) is 19.3. The van der Waals surface area contributed by atoms with Crippen molar-refractivity contribution in [1.29, 1.82) is 0 Å². The van der Waals surface area contributed by atoms with E-state index >= 15 is 0 Å². The highest BCUT2D eigenvalue weighted by Crippen LogP contribution is 2.31. The van der Waals surface area contributed by atoms with E-state index in [1.54, 1.807) is 0 Å². The summed E-state index contributed by atoms with van der Waals surface area (Å²) in [6, 6.07) is 1.28. The van der Waals surface area contributed by atoms with Gasteiger partial charge in [0, 0.05) is 23.7 Å². The van der Waals surface area contributed by atoms with E-state index in [1.165, 1.54) is 6.07 Å². The Morgan fingerprint density at radius 2 is 1.93 bits per heavy atom. The van der Waals surface area contributed by atoms with E-state index in [4.69, 9.17) is 11.6 Å². The number of carbonyl (C=O) groups is 1. The van der Waals surface area contributed by atoms with Crippen molar-refractivity contribution < 1.29 is 9.18 Å². The predicted octanol–water partition coefficient (Wildman–Crippen LogP) is 5.54. The lowest BCUT2D eigenvalue weighted by Gasteiger charge is -2.46. The minimum atomic E-state index is -0.684. The highest BCUT2D eigenvalue weighted by atomic mass is 35.5. The monoisotopic (exact) mass is 440 g/mol. The maximum Gasteiger partial charge on any atom is 0.255 e. The van der Waals surface area contributed by atoms with Crippen LogP contribution in [0.5, 0.6) is 0 Å². The van der Waals surface area contributed by atoms with Crippen LogP contribution < -0.4 is 16.0 Å². The van der Waals surface area contributed by atoms with E-state index in [0.29, 0.717) is 18.3 Å². The largest absolute Gasteiger partial charge is 0.366 e. The first-order chi connectivity index (χ1) is 14.0. The minimum Gasteiger partial charge on any atom is -0.366 e. The molecule has 1 aromatic rings. The molecule has 1 fully saturated rings. The SMILES string of the molecule is CCCCC(CC)CNC(=O)c1cc(F)c(Cl)nc1NC1CC(C)(C)NC(C)(C)C1. The van der Waals surface area contributed by atoms with Crippen molar-refractivity contribution in [2.45, 2.75) is 97.2 Å². The fraction of sp³-hybridized carbons (Fsp3) is 0.739. The van der Waals surface area contributed by atoms with Crippen LogP contribution in [0.2, 0.25) is 5.15 Å². The Kier molecular flexibility index (Phi) is 8.51. The first-order valence-electron chi connectivity index (χ1n) is 11.2. The number of unbranched alkanes of at least 4 members (excludes halogenated alkanes) is 1. The number of amides is 1. The van der Waals surface area contributed by atoms with Gasteiger partial charge in [0.15, 0.2) is 11.0 Å². The highest BCUT2D eigenvalue weighted by molar-refractivity contribution is 6.29. The Morgan fingerprint density at radius 1 is 1.30 bits per heavy atom. The molecule has 30 heavy (non-hydrogen) atoms. The molecular weight excluding hydrogens is 403 g/mol. The van der Waals surface area contributed by atoms with Crippen LogP contribution in [0, 0.1) is 11.7 Å². The summed E-state index contributed by atoms with van der Waals surface area (Å²) in [6.45, 7) is 13.5. The van der Waals surface area contributed by atoms with Gasteiger partial charge in [0.25, 0.3) is 5.91 Å². The topological polar surface area (TPSA) is 66.0 Å².